The number of amides is 3. The van der Waals surface area contributed by atoms with Gasteiger partial charge in [-0.1, -0.05) is 12.1 Å². The highest BCUT2D eigenvalue weighted by atomic mass is 16.5. The van der Waals surface area contributed by atoms with Crippen LogP contribution in [0.1, 0.15) is 25.3 Å². The van der Waals surface area contributed by atoms with Gasteiger partial charge in [0.25, 0.3) is 5.91 Å². The summed E-state index contributed by atoms with van der Waals surface area (Å²) in [6, 6.07) is 6.77. The molecule has 0 aromatic heterocycles. The van der Waals surface area contributed by atoms with Crippen molar-refractivity contribution in [3.05, 3.63) is 29.8 Å². The van der Waals surface area contributed by atoms with Crippen LogP contribution in [0.2, 0.25) is 0 Å². The maximum absolute atomic E-state index is 12.9. The van der Waals surface area contributed by atoms with Crippen molar-refractivity contribution in [3.8, 4) is 5.75 Å². The molecule has 0 spiro atoms. The molecule has 0 unspecified atom stereocenters. The number of ether oxygens (including phenoxy) is 1. The average molecular weight is 333 g/mol. The van der Waals surface area contributed by atoms with E-state index in [0.29, 0.717) is 37.2 Å². The molecule has 2 N–H and O–H groups in total. The van der Waals surface area contributed by atoms with Gasteiger partial charge in [0.1, 0.15) is 11.3 Å². The summed E-state index contributed by atoms with van der Waals surface area (Å²) in [4.78, 5) is 28.5. The van der Waals surface area contributed by atoms with Crippen LogP contribution >= 0.6 is 0 Å². The van der Waals surface area contributed by atoms with E-state index in [2.05, 4.69) is 5.32 Å². The normalized spacial score (nSPS) is 25.9. The molecule has 1 aromatic rings. The summed E-state index contributed by atoms with van der Waals surface area (Å²) in [5.74, 6) is 0.367. The fourth-order valence-corrected chi connectivity index (χ4v) is 3.22. The van der Waals surface area contributed by atoms with E-state index in [9.17, 15) is 14.7 Å². The zero-order valence-corrected chi connectivity index (χ0v) is 14.0. The second-order valence-corrected chi connectivity index (χ2v) is 6.51. The summed E-state index contributed by atoms with van der Waals surface area (Å²) >= 11 is 0. The number of nitrogens with zero attached hydrogens (tertiary/aromatic N) is 2. The first-order chi connectivity index (χ1) is 11.4. The Morgan fingerprint density at radius 2 is 2.04 bits per heavy atom. The van der Waals surface area contributed by atoms with Crippen LogP contribution in [0.15, 0.2) is 24.3 Å². The molecule has 3 amide bonds. The summed E-state index contributed by atoms with van der Waals surface area (Å²) in [5, 5.41) is 12.4. The fraction of sp³-hybridized carbons (Fsp3) is 0.529. The van der Waals surface area contributed by atoms with Crippen LogP contribution in [-0.4, -0.2) is 59.8 Å². The first-order valence-corrected chi connectivity index (χ1v) is 8.13. The molecule has 2 aliphatic rings. The predicted molar refractivity (Wildman–Crippen MR) is 87.4 cm³/mol. The van der Waals surface area contributed by atoms with Crippen molar-refractivity contribution in [2.24, 2.45) is 0 Å². The standard InChI is InChI=1S/C17H23N3O4/c1-17(12-4-3-5-14(10-12)24-2)15(22)20(16(23)18-17)11-19-8-6-13(21)7-9-19/h3-5,10,13,21H,6-9,11H2,1-2H3,(H,18,23)/t17-/m1/s1. The molecule has 2 fully saturated rings. The van der Waals surface area contributed by atoms with Crippen molar-refractivity contribution in [3.63, 3.8) is 0 Å². The van der Waals surface area contributed by atoms with Gasteiger partial charge in [0.15, 0.2) is 0 Å². The van der Waals surface area contributed by atoms with Crippen molar-refractivity contribution >= 4 is 11.9 Å². The van der Waals surface area contributed by atoms with Crippen LogP contribution in [0.4, 0.5) is 4.79 Å². The number of aliphatic hydroxyl groups is 1. The molecule has 0 saturated carbocycles. The molecule has 24 heavy (non-hydrogen) atoms. The van der Waals surface area contributed by atoms with Crippen molar-refractivity contribution in [2.45, 2.75) is 31.4 Å². The highest BCUT2D eigenvalue weighted by molar-refractivity contribution is 6.07. The molecular formula is C17H23N3O4. The molecule has 0 bridgehead atoms. The number of nitrogens with one attached hydrogen (secondary N) is 1. The SMILES string of the molecule is COc1cccc([C@@]2(C)NC(=O)N(CN3CCC(O)CC3)C2=O)c1. The Morgan fingerprint density at radius 1 is 1.33 bits per heavy atom. The van der Waals surface area contributed by atoms with Crippen molar-refractivity contribution in [1.82, 2.24) is 15.1 Å². The molecule has 0 radical (unpaired) electrons. The maximum atomic E-state index is 12.9. The predicted octanol–water partition coefficient (Wildman–Crippen LogP) is 0.876. The summed E-state index contributed by atoms with van der Waals surface area (Å²) in [5.41, 5.74) is -0.405. The van der Waals surface area contributed by atoms with Gasteiger partial charge in [-0.3, -0.25) is 9.69 Å². The zero-order chi connectivity index (χ0) is 17.3. The molecule has 0 aliphatic carbocycles. The van der Waals surface area contributed by atoms with Gasteiger partial charge in [-0.25, -0.2) is 9.69 Å². The Morgan fingerprint density at radius 3 is 2.71 bits per heavy atom. The Balaban J connectivity index is 1.77. The number of likely N-dealkylation sites (tertiary alicyclic amines) is 1. The number of benzene rings is 1. The lowest BCUT2D eigenvalue weighted by Gasteiger charge is -2.32. The largest absolute Gasteiger partial charge is 0.497 e. The second-order valence-electron chi connectivity index (χ2n) is 6.51. The lowest BCUT2D eigenvalue weighted by atomic mass is 9.92. The molecular weight excluding hydrogens is 310 g/mol. The number of aliphatic hydroxyl groups excluding tert-OH is 1. The molecule has 2 aliphatic heterocycles. The summed E-state index contributed by atoms with van der Waals surface area (Å²) in [7, 11) is 1.56. The minimum atomic E-state index is -1.10. The molecule has 7 heteroatoms. The van der Waals surface area contributed by atoms with E-state index in [1.807, 2.05) is 4.90 Å². The van der Waals surface area contributed by atoms with Crippen LogP contribution in [-0.2, 0) is 10.3 Å². The van der Waals surface area contributed by atoms with Gasteiger partial charge in [0, 0.05) is 13.1 Å². The van der Waals surface area contributed by atoms with E-state index >= 15 is 0 Å². The monoisotopic (exact) mass is 333 g/mol. The quantitative estimate of drug-likeness (QED) is 0.799. The number of piperidine rings is 1. The number of carbonyl (C=O) groups is 2. The van der Waals surface area contributed by atoms with Gasteiger partial charge in [-0.2, -0.15) is 0 Å². The molecule has 2 heterocycles. The average Bonchev–Trinajstić information content (AvgIpc) is 2.81. The number of urea groups is 1. The second kappa shape index (κ2) is 6.41. The fourth-order valence-electron chi connectivity index (χ4n) is 3.22. The van der Waals surface area contributed by atoms with Gasteiger partial charge < -0.3 is 15.2 Å². The van der Waals surface area contributed by atoms with E-state index in [0.717, 1.165) is 0 Å². The van der Waals surface area contributed by atoms with Crippen LogP contribution in [0, 0.1) is 0 Å². The van der Waals surface area contributed by atoms with E-state index in [1.54, 1.807) is 38.3 Å². The van der Waals surface area contributed by atoms with Gasteiger partial charge in [0.05, 0.1) is 19.9 Å². The maximum Gasteiger partial charge on any atom is 0.326 e. The first kappa shape index (κ1) is 16.7. The number of imide groups is 1. The summed E-state index contributed by atoms with van der Waals surface area (Å²) in [6.45, 7) is 3.31. The number of carbonyl (C=O) groups excluding carboxylic acids is 2. The van der Waals surface area contributed by atoms with Crippen LogP contribution in [0.5, 0.6) is 5.75 Å². The van der Waals surface area contributed by atoms with Crippen LogP contribution in [0.25, 0.3) is 0 Å². The molecule has 7 nitrogen and oxygen atoms in total. The van der Waals surface area contributed by atoms with Gasteiger partial charge in [-0.05, 0) is 37.5 Å². The van der Waals surface area contributed by atoms with Gasteiger partial charge in [0.2, 0.25) is 0 Å². The summed E-state index contributed by atoms with van der Waals surface area (Å²) in [6.07, 6.45) is 1.04. The van der Waals surface area contributed by atoms with Crippen molar-refractivity contribution in [1.29, 1.82) is 0 Å². The third-order valence-corrected chi connectivity index (χ3v) is 4.82. The van der Waals surface area contributed by atoms with Crippen molar-refractivity contribution < 1.29 is 19.4 Å². The minimum absolute atomic E-state index is 0.247. The number of hydrogen-bond donors (Lipinski definition) is 2. The highest BCUT2D eigenvalue weighted by Gasteiger charge is 2.49. The molecule has 2 saturated heterocycles. The van der Waals surface area contributed by atoms with Crippen LogP contribution in [0.3, 0.4) is 0 Å². The number of hydrogen-bond acceptors (Lipinski definition) is 5. The number of methoxy groups -OCH3 is 1. The van der Waals surface area contributed by atoms with E-state index in [1.165, 1.54) is 4.90 Å². The highest BCUT2D eigenvalue weighted by Crippen LogP contribution is 2.31. The smallest absolute Gasteiger partial charge is 0.326 e. The lowest BCUT2D eigenvalue weighted by molar-refractivity contribution is -0.132. The topological polar surface area (TPSA) is 82.1 Å². The summed E-state index contributed by atoms with van der Waals surface area (Å²) < 4.78 is 5.21. The third-order valence-electron chi connectivity index (χ3n) is 4.82. The molecule has 1 atom stereocenters. The van der Waals surface area contributed by atoms with Gasteiger partial charge >= 0.3 is 6.03 Å². The first-order valence-electron chi connectivity index (χ1n) is 8.13. The Labute approximate surface area is 141 Å². The molecule has 130 valence electrons. The van der Waals surface area contributed by atoms with Gasteiger partial charge in [-0.15, -0.1) is 0 Å². The molecule has 3 rings (SSSR count). The Bertz CT molecular complexity index is 642. The lowest BCUT2D eigenvalue weighted by Crippen LogP contribution is -2.46. The van der Waals surface area contributed by atoms with Crippen molar-refractivity contribution in [2.75, 3.05) is 26.9 Å². The Kier molecular flexibility index (Phi) is 4.47. The van der Waals surface area contributed by atoms with E-state index in [4.69, 9.17) is 4.74 Å². The Hall–Kier alpha value is -2.12. The zero-order valence-electron chi connectivity index (χ0n) is 14.0. The van der Waals surface area contributed by atoms with Crippen LogP contribution < -0.4 is 10.1 Å². The molecule has 1 aromatic carbocycles. The number of rotatable bonds is 4. The van der Waals surface area contributed by atoms with E-state index in [-0.39, 0.29) is 18.7 Å². The minimum Gasteiger partial charge on any atom is -0.497 e. The van der Waals surface area contributed by atoms with E-state index < -0.39 is 11.6 Å². The third kappa shape index (κ3) is 2.97.